The average Bonchev–Trinajstić information content (AvgIpc) is 3.06. The Morgan fingerprint density at radius 1 is 1.06 bits per heavy atom. The molecule has 7 nitrogen and oxygen atoms in total. The van der Waals surface area contributed by atoms with Gasteiger partial charge >= 0.3 is 5.97 Å². The number of cyclic esters (lactones) is 1. The predicted octanol–water partition coefficient (Wildman–Crippen LogP) is 5.57. The van der Waals surface area contributed by atoms with Gasteiger partial charge in [0.1, 0.15) is 5.92 Å². The van der Waals surface area contributed by atoms with Crippen LogP contribution in [0.3, 0.4) is 0 Å². The quantitative estimate of drug-likeness (QED) is 0.312. The second-order valence-corrected chi connectivity index (χ2v) is 11.5. The van der Waals surface area contributed by atoms with Crippen molar-refractivity contribution in [3.05, 3.63) is 59.7 Å². The van der Waals surface area contributed by atoms with Gasteiger partial charge in [0, 0.05) is 11.6 Å². The second kappa shape index (κ2) is 11.3. The molecule has 2 aromatic rings. The van der Waals surface area contributed by atoms with Crippen LogP contribution in [0.25, 0.3) is 0 Å². The van der Waals surface area contributed by atoms with Gasteiger partial charge in [0.15, 0.2) is 11.4 Å². The van der Waals surface area contributed by atoms with Gasteiger partial charge in [-0.15, -0.1) is 0 Å². The van der Waals surface area contributed by atoms with Crippen LogP contribution in [0.15, 0.2) is 53.4 Å². The normalized spacial score (nSPS) is 18.1. The van der Waals surface area contributed by atoms with Crippen molar-refractivity contribution in [1.29, 1.82) is 5.26 Å². The van der Waals surface area contributed by atoms with E-state index in [0.29, 0.717) is 36.1 Å². The Hall–Kier alpha value is -3.18. The monoisotopic (exact) mass is 510 g/mol. The summed E-state index contributed by atoms with van der Waals surface area (Å²) in [5, 5.41) is 8.96. The fourth-order valence-electron chi connectivity index (χ4n) is 5.05. The molecule has 36 heavy (non-hydrogen) atoms. The number of sulfonamides is 1. The number of nitrogens with one attached hydrogen (secondary N) is 1. The molecule has 2 atom stereocenters. The highest BCUT2D eigenvalue weighted by atomic mass is 32.2. The van der Waals surface area contributed by atoms with Crippen molar-refractivity contribution in [3.8, 4) is 6.07 Å². The summed E-state index contributed by atoms with van der Waals surface area (Å²) in [6.45, 7) is 8.00. The van der Waals surface area contributed by atoms with Gasteiger partial charge in [-0.2, -0.15) is 5.26 Å². The highest BCUT2D eigenvalue weighted by Gasteiger charge is 2.56. The maximum absolute atomic E-state index is 13.7. The van der Waals surface area contributed by atoms with E-state index in [1.165, 1.54) is 24.3 Å². The predicted molar refractivity (Wildman–Crippen MR) is 138 cm³/mol. The van der Waals surface area contributed by atoms with E-state index in [9.17, 15) is 18.0 Å². The molecule has 1 fully saturated rings. The fraction of sp³-hybridized carbons (Fsp3) is 0.464. The summed E-state index contributed by atoms with van der Waals surface area (Å²) in [6, 6.07) is 14.5. The second-order valence-electron chi connectivity index (χ2n) is 9.86. The lowest BCUT2D eigenvalue weighted by atomic mass is 9.74. The van der Waals surface area contributed by atoms with E-state index < -0.39 is 33.4 Å². The van der Waals surface area contributed by atoms with E-state index in [1.54, 1.807) is 18.2 Å². The Morgan fingerprint density at radius 2 is 1.69 bits per heavy atom. The zero-order valence-electron chi connectivity index (χ0n) is 21.3. The van der Waals surface area contributed by atoms with E-state index in [2.05, 4.69) is 4.72 Å². The summed E-state index contributed by atoms with van der Waals surface area (Å²) in [7, 11) is -3.90. The number of ether oxygens (including phenoxy) is 1. The summed E-state index contributed by atoms with van der Waals surface area (Å²) < 4.78 is 34.2. The lowest BCUT2D eigenvalue weighted by molar-refractivity contribution is -0.154. The highest BCUT2D eigenvalue weighted by molar-refractivity contribution is 7.92. The third-order valence-electron chi connectivity index (χ3n) is 6.58. The van der Waals surface area contributed by atoms with E-state index in [4.69, 9.17) is 10.00 Å². The van der Waals surface area contributed by atoms with Gasteiger partial charge in [0.25, 0.3) is 10.0 Å². The van der Waals surface area contributed by atoms with Gasteiger partial charge in [-0.3, -0.25) is 14.3 Å². The minimum absolute atomic E-state index is 0.0316. The first-order valence-electron chi connectivity index (χ1n) is 12.5. The smallest absolute Gasteiger partial charge is 0.318 e. The topological polar surface area (TPSA) is 113 Å². The molecule has 0 aromatic heterocycles. The Kier molecular flexibility index (Phi) is 8.57. The van der Waals surface area contributed by atoms with Gasteiger partial charge in [-0.05, 0) is 67.1 Å². The number of hydrogen-bond acceptors (Lipinski definition) is 6. The number of esters is 1. The number of nitriles is 1. The molecule has 0 spiro atoms. The van der Waals surface area contributed by atoms with Crippen LogP contribution in [0.1, 0.15) is 76.8 Å². The average molecular weight is 511 g/mol. The summed E-state index contributed by atoms with van der Waals surface area (Å²) in [5.74, 6) is -1.81. The molecule has 0 amide bonds. The number of ketones is 1. The van der Waals surface area contributed by atoms with Crippen LogP contribution in [0.5, 0.6) is 0 Å². The molecule has 2 aromatic carbocycles. The molecule has 192 valence electrons. The molecule has 2 unspecified atom stereocenters. The first kappa shape index (κ1) is 27.4. The van der Waals surface area contributed by atoms with Crippen LogP contribution in [-0.4, -0.2) is 25.8 Å². The summed E-state index contributed by atoms with van der Waals surface area (Å²) in [4.78, 5) is 26.8. The standard InChI is InChI=1S/C28H34N2O5S/c1-5-14-28(15-6-2)26(31)25(27(32)35-28)24(16-19(3)4)21-8-7-9-22(17-21)30-36(33,34)23-12-10-20(18-29)11-13-23/h7-13,17,19,24-25,30H,5-6,14-16H2,1-4H3. The Morgan fingerprint density at radius 3 is 2.25 bits per heavy atom. The van der Waals surface area contributed by atoms with Crippen molar-refractivity contribution >= 4 is 27.5 Å². The molecule has 8 heteroatoms. The van der Waals surface area contributed by atoms with E-state index >= 15 is 0 Å². The van der Waals surface area contributed by atoms with Gasteiger partial charge in [0.2, 0.25) is 0 Å². The van der Waals surface area contributed by atoms with E-state index in [1.807, 2.05) is 39.8 Å². The third-order valence-corrected chi connectivity index (χ3v) is 7.97. The van der Waals surface area contributed by atoms with Gasteiger partial charge in [-0.25, -0.2) is 8.42 Å². The minimum Gasteiger partial charge on any atom is -0.450 e. The maximum atomic E-state index is 13.7. The van der Waals surface area contributed by atoms with Crippen LogP contribution in [0.4, 0.5) is 5.69 Å². The van der Waals surface area contributed by atoms with Crippen LogP contribution in [-0.2, 0) is 24.3 Å². The third kappa shape index (κ3) is 5.79. The molecule has 0 saturated carbocycles. The lowest BCUT2D eigenvalue weighted by Gasteiger charge is -2.27. The molecule has 1 N–H and O–H groups in total. The number of benzene rings is 2. The molecule has 3 rings (SSSR count). The molecule has 0 bridgehead atoms. The van der Waals surface area contributed by atoms with Crippen LogP contribution >= 0.6 is 0 Å². The number of Topliss-reactive ketones (excluding diaryl/α,β-unsaturated/α-hetero) is 1. The Balaban J connectivity index is 1.95. The minimum atomic E-state index is -3.90. The number of carbonyl (C=O) groups excluding carboxylic acids is 2. The lowest BCUT2D eigenvalue weighted by Crippen LogP contribution is -2.38. The number of carbonyl (C=O) groups is 2. The van der Waals surface area contributed by atoms with Crippen molar-refractivity contribution < 1.29 is 22.7 Å². The Bertz CT molecular complexity index is 1240. The fourth-order valence-corrected chi connectivity index (χ4v) is 6.10. The summed E-state index contributed by atoms with van der Waals surface area (Å²) >= 11 is 0. The molecular weight excluding hydrogens is 476 g/mol. The van der Waals surface area contributed by atoms with E-state index in [-0.39, 0.29) is 16.6 Å². The first-order valence-corrected chi connectivity index (χ1v) is 13.9. The molecular formula is C28H34N2O5S. The molecule has 1 heterocycles. The van der Waals surface area contributed by atoms with Crippen molar-refractivity contribution in [2.45, 2.75) is 76.2 Å². The van der Waals surface area contributed by atoms with Crippen molar-refractivity contribution in [3.63, 3.8) is 0 Å². The van der Waals surface area contributed by atoms with Gasteiger partial charge in [-0.1, -0.05) is 52.7 Å². The molecule has 1 aliphatic heterocycles. The van der Waals surface area contributed by atoms with Crippen molar-refractivity contribution in [2.75, 3.05) is 4.72 Å². The summed E-state index contributed by atoms with van der Waals surface area (Å²) in [6.07, 6.45) is 3.04. The SMILES string of the molecule is CCCC1(CCC)OC(=O)C(C(CC(C)C)c2cccc(NS(=O)(=O)c3ccc(C#N)cc3)c2)C1=O. The van der Waals surface area contributed by atoms with Gasteiger partial charge < -0.3 is 4.74 Å². The molecule has 1 aliphatic rings. The largest absolute Gasteiger partial charge is 0.450 e. The van der Waals surface area contributed by atoms with Gasteiger partial charge in [0.05, 0.1) is 16.5 Å². The molecule has 0 radical (unpaired) electrons. The molecule has 1 saturated heterocycles. The van der Waals surface area contributed by atoms with Crippen molar-refractivity contribution in [2.24, 2.45) is 11.8 Å². The highest BCUT2D eigenvalue weighted by Crippen LogP contribution is 2.44. The zero-order chi connectivity index (χ0) is 26.5. The number of nitrogens with zero attached hydrogens (tertiary/aromatic N) is 1. The number of rotatable bonds is 11. The first-order chi connectivity index (χ1) is 17.1. The maximum Gasteiger partial charge on any atom is 0.318 e. The number of anilines is 1. The zero-order valence-corrected chi connectivity index (χ0v) is 22.1. The summed E-state index contributed by atoms with van der Waals surface area (Å²) in [5.41, 5.74) is 0.332. The van der Waals surface area contributed by atoms with Crippen LogP contribution < -0.4 is 4.72 Å². The van der Waals surface area contributed by atoms with E-state index in [0.717, 1.165) is 12.8 Å². The van der Waals surface area contributed by atoms with Crippen LogP contribution in [0.2, 0.25) is 0 Å². The Labute approximate surface area is 213 Å². The molecule has 0 aliphatic carbocycles. The number of hydrogen-bond donors (Lipinski definition) is 1. The van der Waals surface area contributed by atoms with Crippen LogP contribution in [0, 0.1) is 23.2 Å². The van der Waals surface area contributed by atoms with Crippen molar-refractivity contribution in [1.82, 2.24) is 0 Å².